The second kappa shape index (κ2) is 8.99. The maximum absolute atomic E-state index is 4.67. The molecule has 5 nitrogen and oxygen atoms in total. The number of nitrogens with zero attached hydrogens (tertiary/aromatic N) is 3. The number of piperidine rings is 1. The van der Waals surface area contributed by atoms with Crippen LogP contribution in [0.4, 0.5) is 0 Å². The average molecular weight is 366 g/mol. The van der Waals surface area contributed by atoms with E-state index in [4.69, 9.17) is 0 Å². The Kier molecular flexibility index (Phi) is 7.25. The highest BCUT2D eigenvalue weighted by molar-refractivity contribution is 7.09. The van der Waals surface area contributed by atoms with Gasteiger partial charge in [-0.2, -0.15) is 0 Å². The summed E-state index contributed by atoms with van der Waals surface area (Å²) in [5.41, 5.74) is 1.29. The highest BCUT2D eigenvalue weighted by Gasteiger charge is 2.30. The van der Waals surface area contributed by atoms with Crippen molar-refractivity contribution in [2.75, 3.05) is 26.7 Å². The number of guanidine groups is 1. The summed E-state index contributed by atoms with van der Waals surface area (Å²) in [7, 11) is 1.83. The zero-order valence-electron chi connectivity index (χ0n) is 16.7. The van der Waals surface area contributed by atoms with Crippen LogP contribution in [0.2, 0.25) is 0 Å². The van der Waals surface area contributed by atoms with Crippen LogP contribution in [0.5, 0.6) is 0 Å². The van der Waals surface area contributed by atoms with Crippen LogP contribution in [0, 0.1) is 5.92 Å². The van der Waals surface area contributed by atoms with Crippen LogP contribution >= 0.6 is 11.3 Å². The topological polar surface area (TPSA) is 52.6 Å². The first-order valence-electron chi connectivity index (χ1n) is 9.45. The van der Waals surface area contributed by atoms with Gasteiger partial charge in [0.1, 0.15) is 5.01 Å². The molecule has 1 atom stereocenters. The maximum Gasteiger partial charge on any atom is 0.191 e. The number of thiazole rings is 1. The van der Waals surface area contributed by atoms with E-state index in [9.17, 15) is 0 Å². The minimum Gasteiger partial charge on any atom is -0.355 e. The van der Waals surface area contributed by atoms with Crippen LogP contribution in [-0.2, 0) is 6.54 Å². The van der Waals surface area contributed by atoms with Crippen molar-refractivity contribution in [3.63, 3.8) is 0 Å². The van der Waals surface area contributed by atoms with Crippen LogP contribution in [-0.4, -0.2) is 48.1 Å². The van der Waals surface area contributed by atoms with Gasteiger partial charge in [-0.15, -0.1) is 11.3 Å². The quantitative estimate of drug-likeness (QED) is 0.599. The van der Waals surface area contributed by atoms with Gasteiger partial charge >= 0.3 is 0 Å². The number of rotatable bonds is 6. The molecule has 1 aromatic heterocycles. The molecule has 1 fully saturated rings. The van der Waals surface area contributed by atoms with Crippen molar-refractivity contribution in [2.24, 2.45) is 10.9 Å². The molecule has 6 heteroatoms. The highest BCUT2D eigenvalue weighted by atomic mass is 32.1. The van der Waals surface area contributed by atoms with Crippen molar-refractivity contribution in [3.8, 4) is 0 Å². The molecule has 1 aliphatic rings. The van der Waals surface area contributed by atoms with E-state index in [2.05, 4.69) is 65.5 Å². The SMILES string of the molecule is CN=C(NCc1nc(C(C)C)cs1)NCC(C)(C)N1CCCC(C)C1. The smallest absolute Gasteiger partial charge is 0.191 e. The summed E-state index contributed by atoms with van der Waals surface area (Å²) in [6.45, 7) is 15.3. The van der Waals surface area contributed by atoms with E-state index in [-0.39, 0.29) is 5.54 Å². The zero-order chi connectivity index (χ0) is 18.4. The second-order valence-electron chi connectivity index (χ2n) is 8.11. The molecule has 1 aliphatic heterocycles. The minimum absolute atomic E-state index is 0.123. The number of hydrogen-bond donors (Lipinski definition) is 2. The fraction of sp³-hybridized carbons (Fsp3) is 0.789. The Bertz CT molecular complexity index is 564. The summed E-state index contributed by atoms with van der Waals surface area (Å²) in [6, 6.07) is 0. The van der Waals surface area contributed by atoms with Gasteiger partial charge < -0.3 is 10.6 Å². The molecular formula is C19H35N5S. The molecule has 25 heavy (non-hydrogen) atoms. The van der Waals surface area contributed by atoms with Crippen molar-refractivity contribution in [1.29, 1.82) is 0 Å². The molecule has 0 amide bonds. The molecule has 1 unspecified atom stereocenters. The van der Waals surface area contributed by atoms with Crippen molar-refractivity contribution >= 4 is 17.3 Å². The predicted molar refractivity (Wildman–Crippen MR) is 108 cm³/mol. The van der Waals surface area contributed by atoms with E-state index in [1.807, 2.05) is 7.05 Å². The zero-order valence-corrected chi connectivity index (χ0v) is 17.5. The fourth-order valence-electron chi connectivity index (χ4n) is 3.20. The minimum atomic E-state index is 0.123. The van der Waals surface area contributed by atoms with Gasteiger partial charge in [0, 0.05) is 31.1 Å². The Morgan fingerprint density at radius 2 is 2.20 bits per heavy atom. The molecule has 142 valence electrons. The highest BCUT2D eigenvalue weighted by Crippen LogP contribution is 2.23. The van der Waals surface area contributed by atoms with E-state index in [0.29, 0.717) is 5.92 Å². The van der Waals surface area contributed by atoms with Crippen molar-refractivity contribution in [2.45, 2.75) is 65.5 Å². The monoisotopic (exact) mass is 365 g/mol. The summed E-state index contributed by atoms with van der Waals surface area (Å²) < 4.78 is 0. The normalized spacial score (nSPS) is 20.1. The number of hydrogen-bond acceptors (Lipinski definition) is 4. The largest absolute Gasteiger partial charge is 0.355 e. The van der Waals surface area contributed by atoms with Gasteiger partial charge in [-0.25, -0.2) is 4.98 Å². The van der Waals surface area contributed by atoms with Crippen LogP contribution in [0.3, 0.4) is 0 Å². The summed E-state index contributed by atoms with van der Waals surface area (Å²) in [4.78, 5) is 11.6. The lowest BCUT2D eigenvalue weighted by molar-refractivity contribution is 0.0739. The molecule has 2 heterocycles. The van der Waals surface area contributed by atoms with Gasteiger partial charge in [0.15, 0.2) is 5.96 Å². The van der Waals surface area contributed by atoms with Crippen molar-refractivity contribution in [3.05, 3.63) is 16.1 Å². The number of aromatic nitrogens is 1. The third-order valence-corrected chi connectivity index (χ3v) is 5.86. The summed E-state index contributed by atoms with van der Waals surface area (Å²) in [5, 5.41) is 10.1. The molecule has 1 aromatic rings. The standard InChI is InChI=1S/C19H35N5S/c1-14(2)16-12-25-17(23-16)10-21-18(20-6)22-13-19(4,5)24-9-7-8-15(3)11-24/h12,14-15H,7-11,13H2,1-6H3,(H2,20,21,22). The van der Waals surface area contributed by atoms with Crippen molar-refractivity contribution in [1.82, 2.24) is 20.5 Å². The number of nitrogens with one attached hydrogen (secondary N) is 2. The average Bonchev–Trinajstić information content (AvgIpc) is 3.04. The van der Waals surface area contributed by atoms with E-state index in [1.165, 1.54) is 31.6 Å². The van der Waals surface area contributed by atoms with Gasteiger partial charge in [0.2, 0.25) is 0 Å². The Morgan fingerprint density at radius 1 is 1.44 bits per heavy atom. The molecule has 0 bridgehead atoms. The Balaban J connectivity index is 1.82. The second-order valence-corrected chi connectivity index (χ2v) is 9.05. The molecular weight excluding hydrogens is 330 g/mol. The van der Waals surface area contributed by atoms with Gasteiger partial charge in [0.25, 0.3) is 0 Å². The van der Waals surface area contributed by atoms with Crippen molar-refractivity contribution < 1.29 is 0 Å². The van der Waals surface area contributed by atoms with E-state index >= 15 is 0 Å². The Morgan fingerprint density at radius 3 is 2.80 bits per heavy atom. The third kappa shape index (κ3) is 5.96. The Hall–Kier alpha value is -1.14. The third-order valence-electron chi connectivity index (χ3n) is 4.99. The van der Waals surface area contributed by atoms with Crippen LogP contribution in [0.15, 0.2) is 10.4 Å². The van der Waals surface area contributed by atoms with E-state index in [0.717, 1.165) is 30.0 Å². The molecule has 1 saturated heterocycles. The summed E-state index contributed by atoms with van der Waals surface area (Å²) >= 11 is 1.71. The van der Waals surface area contributed by atoms with Gasteiger partial charge in [0.05, 0.1) is 12.2 Å². The lowest BCUT2D eigenvalue weighted by Crippen LogP contribution is -2.55. The van der Waals surface area contributed by atoms with Crippen LogP contribution in [0.25, 0.3) is 0 Å². The van der Waals surface area contributed by atoms with Crippen LogP contribution < -0.4 is 10.6 Å². The molecule has 0 spiro atoms. The predicted octanol–water partition coefficient (Wildman–Crippen LogP) is 3.44. The van der Waals surface area contributed by atoms with E-state index < -0.39 is 0 Å². The Labute approximate surface area is 157 Å². The molecule has 2 rings (SSSR count). The molecule has 0 saturated carbocycles. The number of likely N-dealkylation sites (tertiary alicyclic amines) is 1. The molecule has 0 aliphatic carbocycles. The summed E-state index contributed by atoms with van der Waals surface area (Å²) in [6.07, 6.45) is 2.66. The molecule has 0 radical (unpaired) electrons. The molecule has 2 N–H and O–H groups in total. The van der Waals surface area contributed by atoms with Crippen LogP contribution in [0.1, 0.15) is 64.1 Å². The van der Waals surface area contributed by atoms with Gasteiger partial charge in [-0.1, -0.05) is 20.8 Å². The lowest BCUT2D eigenvalue weighted by atomic mass is 9.93. The first kappa shape index (κ1) is 20.2. The van der Waals surface area contributed by atoms with Gasteiger partial charge in [-0.3, -0.25) is 9.89 Å². The van der Waals surface area contributed by atoms with E-state index in [1.54, 1.807) is 11.3 Å². The number of aliphatic imine (C=N–C) groups is 1. The lowest BCUT2D eigenvalue weighted by Gasteiger charge is -2.43. The first-order valence-corrected chi connectivity index (χ1v) is 10.3. The molecule has 0 aromatic carbocycles. The first-order chi connectivity index (χ1) is 11.8. The maximum atomic E-state index is 4.67. The van der Waals surface area contributed by atoms with Gasteiger partial charge in [-0.05, 0) is 45.1 Å². The summed E-state index contributed by atoms with van der Waals surface area (Å²) in [5.74, 6) is 2.13. The fourth-order valence-corrected chi connectivity index (χ4v) is 4.10.